The Balaban J connectivity index is 1.92. The van der Waals surface area contributed by atoms with E-state index in [1.807, 2.05) is 12.1 Å². The number of thioether (sulfide) groups is 1. The summed E-state index contributed by atoms with van der Waals surface area (Å²) >= 11 is 13.6. The van der Waals surface area contributed by atoms with Crippen molar-refractivity contribution in [3.05, 3.63) is 64.1 Å². The zero-order chi connectivity index (χ0) is 21.4. The van der Waals surface area contributed by atoms with Crippen LogP contribution in [0.15, 0.2) is 48.5 Å². The quantitative estimate of drug-likeness (QED) is 0.511. The van der Waals surface area contributed by atoms with Crippen LogP contribution in [0.4, 0.5) is 5.69 Å². The molecule has 0 aliphatic heterocycles. The molecule has 0 aromatic heterocycles. The average molecular weight is 475 g/mol. The van der Waals surface area contributed by atoms with Gasteiger partial charge in [0.25, 0.3) is 0 Å². The molecule has 1 N–H and O–H groups in total. The Kier molecular flexibility index (Phi) is 9.14. The maximum Gasteiger partial charge on any atom is 0.243 e. The summed E-state index contributed by atoms with van der Waals surface area (Å²) in [6.07, 6.45) is 1.48. The molecular formula is C20H24Cl2N2O3S2. The third-order valence-electron chi connectivity index (χ3n) is 4.14. The number of carbonyl (C=O) groups is 1. The summed E-state index contributed by atoms with van der Waals surface area (Å²) in [5.74, 6) is 1.12. The summed E-state index contributed by atoms with van der Waals surface area (Å²) in [5.41, 5.74) is 1.53. The van der Waals surface area contributed by atoms with Gasteiger partial charge < -0.3 is 5.32 Å². The van der Waals surface area contributed by atoms with E-state index < -0.39 is 16.1 Å². The number of halogens is 2. The summed E-state index contributed by atoms with van der Waals surface area (Å²) in [5, 5.41) is 3.89. The second-order valence-corrected chi connectivity index (χ2v) is 10.2. The maximum atomic E-state index is 12.7. The van der Waals surface area contributed by atoms with E-state index in [2.05, 4.69) is 5.32 Å². The molecule has 0 saturated heterocycles. The average Bonchev–Trinajstić information content (AvgIpc) is 2.68. The van der Waals surface area contributed by atoms with Crippen LogP contribution in [0.1, 0.15) is 18.9 Å². The Morgan fingerprint density at radius 1 is 1.14 bits per heavy atom. The molecule has 29 heavy (non-hydrogen) atoms. The summed E-state index contributed by atoms with van der Waals surface area (Å²) in [6.45, 7) is 2.23. The fourth-order valence-corrected chi connectivity index (χ4v) is 5.16. The van der Waals surface area contributed by atoms with Gasteiger partial charge in [0.1, 0.15) is 6.04 Å². The molecule has 0 bridgehead atoms. The Morgan fingerprint density at radius 2 is 1.83 bits per heavy atom. The van der Waals surface area contributed by atoms with Crippen molar-refractivity contribution in [1.29, 1.82) is 0 Å². The largest absolute Gasteiger partial charge is 0.353 e. The van der Waals surface area contributed by atoms with Gasteiger partial charge in [0, 0.05) is 18.1 Å². The molecule has 9 heteroatoms. The number of nitrogens with one attached hydrogen (secondary N) is 1. The molecule has 1 unspecified atom stereocenters. The SMILES string of the molecule is CCC(C(=O)NCCSCc1ccc(Cl)c(Cl)c1)N(c1ccccc1)S(C)(=O)=O. The van der Waals surface area contributed by atoms with Gasteiger partial charge in [-0.25, -0.2) is 8.42 Å². The summed E-state index contributed by atoms with van der Waals surface area (Å²) in [4.78, 5) is 12.7. The number of rotatable bonds is 10. The van der Waals surface area contributed by atoms with Crippen LogP contribution in [-0.4, -0.2) is 38.9 Å². The molecule has 0 heterocycles. The summed E-state index contributed by atoms with van der Waals surface area (Å²) in [7, 11) is -3.61. The first-order valence-electron chi connectivity index (χ1n) is 9.08. The lowest BCUT2D eigenvalue weighted by Crippen LogP contribution is -2.49. The number of benzene rings is 2. The number of hydrogen-bond acceptors (Lipinski definition) is 4. The van der Waals surface area contributed by atoms with E-state index in [1.54, 1.807) is 55.1 Å². The Labute approximate surface area is 186 Å². The second kappa shape index (κ2) is 11.1. The van der Waals surface area contributed by atoms with E-state index in [1.165, 1.54) is 4.31 Å². The molecule has 1 amide bonds. The standard InChI is InChI=1S/C20H24Cl2N2O3S2/c1-3-19(24(29(2,26)27)16-7-5-4-6-8-16)20(25)23-11-12-28-14-15-9-10-17(21)18(22)13-15/h4-10,13,19H,3,11-12,14H2,1-2H3,(H,23,25). The van der Waals surface area contributed by atoms with E-state index in [0.29, 0.717) is 34.5 Å². The number of nitrogens with zero attached hydrogens (tertiary/aromatic N) is 1. The van der Waals surface area contributed by atoms with Gasteiger partial charge in [0.05, 0.1) is 22.0 Å². The highest BCUT2D eigenvalue weighted by Crippen LogP contribution is 2.25. The lowest BCUT2D eigenvalue weighted by Gasteiger charge is -2.30. The molecule has 2 aromatic carbocycles. The van der Waals surface area contributed by atoms with E-state index in [9.17, 15) is 13.2 Å². The molecule has 0 radical (unpaired) electrons. The number of amides is 1. The van der Waals surface area contributed by atoms with Crippen molar-refractivity contribution >= 4 is 56.6 Å². The van der Waals surface area contributed by atoms with Gasteiger partial charge in [0.15, 0.2) is 0 Å². The molecule has 2 rings (SSSR count). The monoisotopic (exact) mass is 474 g/mol. The van der Waals surface area contributed by atoms with Crippen molar-refractivity contribution in [3.63, 3.8) is 0 Å². The van der Waals surface area contributed by atoms with E-state index in [4.69, 9.17) is 23.2 Å². The predicted octanol–water partition coefficient (Wildman–Crippen LogP) is 4.59. The molecule has 0 fully saturated rings. The summed E-state index contributed by atoms with van der Waals surface area (Å²) in [6, 6.07) is 13.4. The summed E-state index contributed by atoms with van der Waals surface area (Å²) < 4.78 is 25.9. The van der Waals surface area contributed by atoms with Crippen LogP contribution in [0, 0.1) is 0 Å². The molecule has 0 aliphatic rings. The maximum absolute atomic E-state index is 12.7. The fourth-order valence-electron chi connectivity index (χ4n) is 2.82. The van der Waals surface area contributed by atoms with Crippen molar-refractivity contribution in [1.82, 2.24) is 5.32 Å². The zero-order valence-electron chi connectivity index (χ0n) is 16.3. The molecular weight excluding hydrogens is 451 g/mol. The highest BCUT2D eigenvalue weighted by Gasteiger charge is 2.31. The molecule has 0 saturated carbocycles. The van der Waals surface area contributed by atoms with Gasteiger partial charge in [-0.2, -0.15) is 11.8 Å². The Bertz CT molecular complexity index is 925. The van der Waals surface area contributed by atoms with Crippen LogP contribution in [0.5, 0.6) is 0 Å². The van der Waals surface area contributed by atoms with Gasteiger partial charge in [-0.15, -0.1) is 0 Å². The molecule has 0 aliphatic carbocycles. The first-order chi connectivity index (χ1) is 13.7. The number of carbonyl (C=O) groups excluding carboxylic acids is 1. The lowest BCUT2D eigenvalue weighted by atomic mass is 10.2. The van der Waals surface area contributed by atoms with Gasteiger partial charge in [-0.3, -0.25) is 9.10 Å². The lowest BCUT2D eigenvalue weighted by molar-refractivity contribution is -0.122. The molecule has 5 nitrogen and oxygen atoms in total. The van der Waals surface area contributed by atoms with Gasteiger partial charge in [-0.1, -0.05) is 54.4 Å². The van der Waals surface area contributed by atoms with Crippen molar-refractivity contribution in [2.45, 2.75) is 25.1 Å². The number of sulfonamides is 1. The second-order valence-electron chi connectivity index (χ2n) is 6.41. The van der Waals surface area contributed by atoms with Crippen LogP contribution >= 0.6 is 35.0 Å². The highest BCUT2D eigenvalue weighted by atomic mass is 35.5. The number of para-hydroxylation sites is 1. The fraction of sp³-hybridized carbons (Fsp3) is 0.350. The van der Waals surface area contributed by atoms with Crippen LogP contribution in [0.2, 0.25) is 10.0 Å². The molecule has 0 spiro atoms. The first kappa shape index (κ1) is 23.9. The topological polar surface area (TPSA) is 66.5 Å². The molecule has 158 valence electrons. The minimum Gasteiger partial charge on any atom is -0.353 e. The molecule has 1 atom stereocenters. The minimum absolute atomic E-state index is 0.308. The van der Waals surface area contributed by atoms with Gasteiger partial charge >= 0.3 is 0 Å². The van der Waals surface area contributed by atoms with Crippen LogP contribution in [0.25, 0.3) is 0 Å². The van der Waals surface area contributed by atoms with E-state index in [-0.39, 0.29) is 5.91 Å². The van der Waals surface area contributed by atoms with E-state index >= 15 is 0 Å². The normalized spacial score (nSPS) is 12.4. The first-order valence-corrected chi connectivity index (χ1v) is 12.8. The third-order valence-corrected chi connectivity index (χ3v) is 7.09. The minimum atomic E-state index is -3.61. The molecule has 2 aromatic rings. The van der Waals surface area contributed by atoms with Crippen LogP contribution in [-0.2, 0) is 20.6 Å². The Hall–Kier alpha value is -1.41. The van der Waals surface area contributed by atoms with Crippen molar-refractivity contribution in [3.8, 4) is 0 Å². The predicted molar refractivity (Wildman–Crippen MR) is 123 cm³/mol. The smallest absolute Gasteiger partial charge is 0.243 e. The zero-order valence-corrected chi connectivity index (χ0v) is 19.4. The Morgan fingerprint density at radius 3 is 2.41 bits per heavy atom. The van der Waals surface area contributed by atoms with Crippen molar-refractivity contribution in [2.24, 2.45) is 0 Å². The number of hydrogen-bond donors (Lipinski definition) is 1. The van der Waals surface area contributed by atoms with Crippen molar-refractivity contribution < 1.29 is 13.2 Å². The van der Waals surface area contributed by atoms with Crippen LogP contribution in [0.3, 0.4) is 0 Å². The third kappa shape index (κ3) is 7.10. The van der Waals surface area contributed by atoms with E-state index in [0.717, 1.165) is 17.6 Å². The van der Waals surface area contributed by atoms with Gasteiger partial charge in [0.2, 0.25) is 15.9 Å². The number of anilines is 1. The van der Waals surface area contributed by atoms with Crippen molar-refractivity contribution in [2.75, 3.05) is 22.9 Å². The van der Waals surface area contributed by atoms with Crippen LogP contribution < -0.4 is 9.62 Å². The van der Waals surface area contributed by atoms with Gasteiger partial charge in [-0.05, 0) is 36.2 Å². The highest BCUT2D eigenvalue weighted by molar-refractivity contribution is 7.98.